The number of aromatic nitrogens is 5. The molecule has 0 aliphatic heterocycles. The summed E-state index contributed by atoms with van der Waals surface area (Å²) in [6.45, 7) is -1.52. The number of halogens is 7. The maximum Gasteiger partial charge on any atom is 0.417 e. The van der Waals surface area contributed by atoms with Crippen molar-refractivity contribution in [3.8, 4) is 22.8 Å². The molecule has 37 heavy (non-hydrogen) atoms. The lowest BCUT2D eigenvalue weighted by Crippen LogP contribution is -2.37. The van der Waals surface area contributed by atoms with Crippen molar-refractivity contribution in [2.24, 2.45) is 0 Å². The monoisotopic (exact) mass is 543 g/mol. The highest BCUT2D eigenvalue weighted by Gasteiger charge is 2.39. The predicted octanol–water partition coefficient (Wildman–Crippen LogP) is 4.81. The minimum atomic E-state index is -4.99. The molecule has 0 saturated heterocycles. The van der Waals surface area contributed by atoms with Gasteiger partial charge in [-0.2, -0.15) is 26.3 Å². The Morgan fingerprint density at radius 1 is 0.973 bits per heavy atom. The van der Waals surface area contributed by atoms with Gasteiger partial charge in [0.2, 0.25) is 0 Å². The number of rotatable bonds is 6. The number of aliphatic hydroxyl groups is 1. The molecule has 194 valence electrons. The SMILES string of the molecule is O=c1n(Cc2ccnc(-c3ccccc3C(F)(F)F)n2)nc(-c2ccc(Cl)cc2)n1C[C@H](O)C(F)(F)F. The zero-order valence-electron chi connectivity index (χ0n) is 18.5. The molecule has 0 radical (unpaired) electrons. The van der Waals surface area contributed by atoms with Gasteiger partial charge < -0.3 is 5.11 Å². The second kappa shape index (κ2) is 9.98. The Bertz CT molecular complexity index is 1460. The minimum absolute atomic E-state index is 0.0766. The predicted molar refractivity (Wildman–Crippen MR) is 121 cm³/mol. The summed E-state index contributed by atoms with van der Waals surface area (Å²) in [4.78, 5) is 21.0. The normalized spacial score (nSPS) is 13.1. The Labute approximate surface area is 209 Å². The third kappa shape index (κ3) is 5.83. The molecule has 0 fully saturated rings. The van der Waals surface area contributed by atoms with Crippen LogP contribution in [-0.2, 0) is 19.3 Å². The first-order valence-corrected chi connectivity index (χ1v) is 10.9. The first-order chi connectivity index (χ1) is 17.3. The number of benzene rings is 2. The van der Waals surface area contributed by atoms with Gasteiger partial charge in [-0.1, -0.05) is 29.8 Å². The third-order valence-corrected chi connectivity index (χ3v) is 5.51. The Hall–Kier alpha value is -3.71. The van der Waals surface area contributed by atoms with E-state index in [4.69, 9.17) is 11.6 Å². The van der Waals surface area contributed by atoms with E-state index in [-0.39, 0.29) is 28.5 Å². The maximum atomic E-state index is 13.4. The topological polar surface area (TPSA) is 85.8 Å². The number of hydrogen-bond donors (Lipinski definition) is 1. The summed E-state index contributed by atoms with van der Waals surface area (Å²) in [6.07, 6.45) is -11.3. The van der Waals surface area contributed by atoms with Crippen molar-refractivity contribution in [2.45, 2.75) is 31.5 Å². The summed E-state index contributed by atoms with van der Waals surface area (Å²) in [7, 11) is 0. The van der Waals surface area contributed by atoms with E-state index in [9.17, 15) is 36.2 Å². The van der Waals surface area contributed by atoms with Gasteiger partial charge in [-0.25, -0.2) is 19.4 Å². The Balaban J connectivity index is 1.75. The second-order valence-electron chi connectivity index (χ2n) is 7.85. The lowest BCUT2D eigenvalue weighted by Gasteiger charge is -2.15. The molecule has 14 heteroatoms. The molecule has 0 bridgehead atoms. The standard InChI is InChI=1S/C23H16ClF6N5O2/c24-14-7-5-13(6-8-14)20-33-35(21(37)34(20)12-18(36)23(28,29)30)11-15-9-10-31-19(32-15)16-3-1-2-4-17(16)22(25,26)27/h1-10,18,36H,11-12H2/t18-/m0/s1. The van der Waals surface area contributed by atoms with Crippen LogP contribution in [0.3, 0.4) is 0 Å². The number of hydrogen-bond acceptors (Lipinski definition) is 5. The van der Waals surface area contributed by atoms with Crippen molar-refractivity contribution in [3.63, 3.8) is 0 Å². The summed E-state index contributed by atoms with van der Waals surface area (Å²) in [6, 6.07) is 11.8. The van der Waals surface area contributed by atoms with E-state index in [1.807, 2.05) is 0 Å². The fourth-order valence-electron chi connectivity index (χ4n) is 3.49. The molecule has 0 aliphatic rings. The van der Waals surface area contributed by atoms with Crippen LogP contribution in [0.4, 0.5) is 26.3 Å². The van der Waals surface area contributed by atoms with Crippen molar-refractivity contribution in [2.75, 3.05) is 0 Å². The Morgan fingerprint density at radius 3 is 2.30 bits per heavy atom. The van der Waals surface area contributed by atoms with Crippen LogP contribution >= 0.6 is 11.6 Å². The van der Waals surface area contributed by atoms with Gasteiger partial charge in [0.05, 0.1) is 24.3 Å². The van der Waals surface area contributed by atoms with Gasteiger partial charge in [0, 0.05) is 22.3 Å². The van der Waals surface area contributed by atoms with Crippen LogP contribution in [0.2, 0.25) is 5.02 Å². The van der Waals surface area contributed by atoms with E-state index in [1.54, 1.807) is 0 Å². The molecule has 4 aromatic rings. The Morgan fingerprint density at radius 2 is 1.65 bits per heavy atom. The van der Waals surface area contributed by atoms with E-state index < -0.39 is 42.8 Å². The highest BCUT2D eigenvalue weighted by Crippen LogP contribution is 2.35. The van der Waals surface area contributed by atoms with Gasteiger partial charge in [0.1, 0.15) is 0 Å². The molecule has 1 atom stereocenters. The molecule has 7 nitrogen and oxygen atoms in total. The summed E-state index contributed by atoms with van der Waals surface area (Å²) >= 11 is 5.86. The summed E-state index contributed by atoms with van der Waals surface area (Å²) in [5.41, 5.74) is -1.92. The molecule has 2 heterocycles. The molecule has 4 rings (SSSR count). The molecule has 2 aromatic carbocycles. The highest BCUT2D eigenvalue weighted by molar-refractivity contribution is 6.30. The smallest absolute Gasteiger partial charge is 0.382 e. The van der Waals surface area contributed by atoms with E-state index in [0.29, 0.717) is 9.59 Å². The highest BCUT2D eigenvalue weighted by atomic mass is 35.5. The fourth-order valence-corrected chi connectivity index (χ4v) is 3.62. The van der Waals surface area contributed by atoms with E-state index in [0.717, 1.165) is 10.7 Å². The van der Waals surface area contributed by atoms with E-state index >= 15 is 0 Å². The van der Waals surface area contributed by atoms with Gasteiger partial charge in [0.15, 0.2) is 17.8 Å². The van der Waals surface area contributed by atoms with Crippen LogP contribution in [0.1, 0.15) is 11.3 Å². The summed E-state index contributed by atoms with van der Waals surface area (Å²) < 4.78 is 80.8. The molecule has 2 aromatic heterocycles. The van der Waals surface area contributed by atoms with Crippen molar-refractivity contribution >= 4 is 11.6 Å². The van der Waals surface area contributed by atoms with Gasteiger partial charge >= 0.3 is 18.0 Å². The molecule has 0 saturated carbocycles. The fraction of sp³-hybridized carbons (Fsp3) is 0.217. The quantitative estimate of drug-likeness (QED) is 0.353. The first kappa shape index (κ1) is 26.4. The molecule has 0 spiro atoms. The summed E-state index contributed by atoms with van der Waals surface area (Å²) in [5.74, 6) is -0.440. The van der Waals surface area contributed by atoms with Crippen molar-refractivity contribution in [3.05, 3.63) is 87.6 Å². The van der Waals surface area contributed by atoms with Gasteiger partial charge in [-0.05, 0) is 36.4 Å². The average Bonchev–Trinajstić information content (AvgIpc) is 3.13. The van der Waals surface area contributed by atoms with Crippen molar-refractivity contribution in [1.82, 2.24) is 24.3 Å². The van der Waals surface area contributed by atoms with Crippen LogP contribution in [0.15, 0.2) is 65.6 Å². The van der Waals surface area contributed by atoms with Crippen LogP contribution in [0.5, 0.6) is 0 Å². The van der Waals surface area contributed by atoms with E-state index in [1.165, 1.54) is 54.7 Å². The second-order valence-corrected chi connectivity index (χ2v) is 8.29. The van der Waals surface area contributed by atoms with Gasteiger partial charge in [0.25, 0.3) is 0 Å². The summed E-state index contributed by atoms with van der Waals surface area (Å²) in [5, 5.41) is 14.0. The van der Waals surface area contributed by atoms with Crippen molar-refractivity contribution in [1.29, 1.82) is 0 Å². The van der Waals surface area contributed by atoms with Crippen LogP contribution in [-0.4, -0.2) is 41.7 Å². The number of alkyl halides is 6. The largest absolute Gasteiger partial charge is 0.417 e. The van der Waals surface area contributed by atoms with Crippen LogP contribution < -0.4 is 5.69 Å². The lowest BCUT2D eigenvalue weighted by molar-refractivity contribution is -0.207. The van der Waals surface area contributed by atoms with Gasteiger partial charge in [-0.15, -0.1) is 5.10 Å². The third-order valence-electron chi connectivity index (χ3n) is 5.26. The maximum absolute atomic E-state index is 13.4. The van der Waals surface area contributed by atoms with Gasteiger partial charge in [-0.3, -0.25) is 4.57 Å². The zero-order valence-corrected chi connectivity index (χ0v) is 19.3. The van der Waals surface area contributed by atoms with Crippen LogP contribution in [0.25, 0.3) is 22.8 Å². The zero-order chi connectivity index (χ0) is 27.0. The molecule has 0 aliphatic carbocycles. The molecule has 0 unspecified atom stereocenters. The number of aliphatic hydroxyl groups excluding tert-OH is 1. The van der Waals surface area contributed by atoms with E-state index in [2.05, 4.69) is 15.1 Å². The molecular formula is C23H16ClF6N5O2. The average molecular weight is 544 g/mol. The number of nitrogens with zero attached hydrogens (tertiary/aromatic N) is 5. The molecule has 0 amide bonds. The van der Waals surface area contributed by atoms with Crippen LogP contribution in [0, 0.1) is 0 Å². The minimum Gasteiger partial charge on any atom is -0.382 e. The lowest BCUT2D eigenvalue weighted by atomic mass is 10.1. The Kier molecular flexibility index (Phi) is 7.11. The van der Waals surface area contributed by atoms with Crippen molar-refractivity contribution < 1.29 is 31.4 Å². The first-order valence-electron chi connectivity index (χ1n) is 10.5. The molecular weight excluding hydrogens is 528 g/mol. The molecule has 1 N–H and O–H groups in total.